The van der Waals surface area contributed by atoms with Crippen LogP contribution in [-0.2, 0) is 30.1 Å². The molecule has 3 rings (SSSR count). The average Bonchev–Trinajstić information content (AvgIpc) is 3.08. The summed E-state index contributed by atoms with van der Waals surface area (Å²) in [6, 6.07) is 0. The predicted octanol–water partition coefficient (Wildman–Crippen LogP) is 2.21. The number of amides is 1. The number of hydrogen-bond donors (Lipinski definition) is 0. The highest BCUT2D eigenvalue weighted by Gasteiger charge is 2.58. The van der Waals surface area contributed by atoms with Gasteiger partial charge in [0.2, 0.25) is 5.91 Å². The lowest BCUT2D eigenvalue weighted by molar-refractivity contribution is -0.158. The van der Waals surface area contributed by atoms with E-state index in [-0.39, 0.29) is 53.7 Å². The number of carbonyl (C=O) groups excluding carboxylic acids is 2. The summed E-state index contributed by atoms with van der Waals surface area (Å²) < 4.78 is 26.2. The number of methoxy groups -OCH3 is 1. The maximum atomic E-state index is 12.9. The number of carbonyl (C=O) groups is 2. The van der Waals surface area contributed by atoms with Gasteiger partial charge in [0.1, 0.15) is 11.1 Å². The van der Waals surface area contributed by atoms with E-state index in [1.165, 1.54) is 30.7 Å². The first kappa shape index (κ1) is 21.9. The number of nitrogens with zero attached hydrogens (tertiary/aromatic N) is 1. The van der Waals surface area contributed by atoms with Crippen LogP contribution in [0.1, 0.15) is 18.4 Å². The third-order valence-electron chi connectivity index (χ3n) is 4.54. The molecule has 0 spiro atoms. The number of fused-ring (bicyclic) bond motifs is 1. The maximum absolute atomic E-state index is 12.9. The molecule has 2 aliphatic rings. The van der Waals surface area contributed by atoms with Crippen LogP contribution in [0.5, 0.6) is 0 Å². The van der Waals surface area contributed by atoms with Crippen molar-refractivity contribution in [2.45, 2.75) is 51.6 Å². The molecule has 0 aliphatic carbocycles. The van der Waals surface area contributed by atoms with E-state index < -0.39 is 20.1 Å². The number of aryl methyl sites for hydroxylation is 1. The predicted molar refractivity (Wildman–Crippen MR) is 106 cm³/mol. The third-order valence-corrected chi connectivity index (χ3v) is 6.96. The van der Waals surface area contributed by atoms with Gasteiger partial charge in [-0.15, -0.1) is 0 Å². The molecule has 11 heteroatoms. The summed E-state index contributed by atoms with van der Waals surface area (Å²) in [5.74, 6) is -1.67. The number of thioether (sulfide) groups is 1. The topological polar surface area (TPSA) is 108 Å². The van der Waals surface area contributed by atoms with Gasteiger partial charge < -0.3 is 22.7 Å². The average molecular weight is 444 g/mol. The van der Waals surface area contributed by atoms with Crippen molar-refractivity contribution in [1.29, 1.82) is 0 Å². The Morgan fingerprint density at radius 2 is 1.93 bits per heavy atom. The Balaban J connectivity index is 1.74. The first-order chi connectivity index (χ1) is 13.5. The SMILES string of the molecule is COCC1=C(C(=O)OCc2oc(=O)oc2C)N2C(=O)[C@H]([C@@H](C)O[Si](C)(C)C)[C@H]2S1. The van der Waals surface area contributed by atoms with Crippen molar-refractivity contribution in [3.8, 4) is 0 Å². The minimum absolute atomic E-state index is 0.129. The van der Waals surface area contributed by atoms with E-state index in [2.05, 4.69) is 19.6 Å². The van der Waals surface area contributed by atoms with E-state index in [0.29, 0.717) is 4.91 Å². The fourth-order valence-corrected chi connectivity index (χ4v) is 6.23. The number of esters is 1. The van der Waals surface area contributed by atoms with Gasteiger partial charge >= 0.3 is 11.8 Å². The van der Waals surface area contributed by atoms with Crippen molar-refractivity contribution < 1.29 is 32.3 Å². The van der Waals surface area contributed by atoms with Gasteiger partial charge in [-0.2, -0.15) is 0 Å². The molecule has 0 aromatic carbocycles. The molecule has 1 aromatic rings. The minimum atomic E-state index is -1.82. The summed E-state index contributed by atoms with van der Waals surface area (Å²) in [5, 5.41) is -0.227. The monoisotopic (exact) mass is 443 g/mol. The number of rotatable bonds is 8. The summed E-state index contributed by atoms with van der Waals surface area (Å²) in [4.78, 5) is 38.8. The molecular weight excluding hydrogens is 418 g/mol. The van der Waals surface area contributed by atoms with Gasteiger partial charge in [0.25, 0.3) is 0 Å². The van der Waals surface area contributed by atoms with Gasteiger partial charge in [-0.1, -0.05) is 11.8 Å². The Kier molecular flexibility index (Phi) is 6.13. The summed E-state index contributed by atoms with van der Waals surface area (Å²) in [6.45, 7) is 9.56. The van der Waals surface area contributed by atoms with Crippen LogP contribution in [0.4, 0.5) is 0 Å². The molecule has 1 fully saturated rings. The van der Waals surface area contributed by atoms with Gasteiger partial charge in [0.05, 0.1) is 18.6 Å². The molecule has 2 aliphatic heterocycles. The summed E-state index contributed by atoms with van der Waals surface area (Å²) in [6.07, 6.45) is -0.245. The van der Waals surface area contributed by atoms with E-state index in [9.17, 15) is 14.4 Å². The molecule has 1 aromatic heterocycles. The highest BCUT2D eigenvalue weighted by Crippen LogP contribution is 2.51. The molecule has 29 heavy (non-hydrogen) atoms. The van der Waals surface area contributed by atoms with Crippen molar-refractivity contribution in [2.24, 2.45) is 5.92 Å². The van der Waals surface area contributed by atoms with Crippen molar-refractivity contribution in [1.82, 2.24) is 4.90 Å². The zero-order valence-corrected chi connectivity index (χ0v) is 19.1. The highest BCUT2D eigenvalue weighted by molar-refractivity contribution is 8.04. The fraction of sp³-hybridized carbons (Fsp3) is 0.611. The first-order valence-electron chi connectivity index (χ1n) is 9.19. The minimum Gasteiger partial charge on any atom is -0.453 e. The molecule has 0 unspecified atom stereocenters. The van der Waals surface area contributed by atoms with Gasteiger partial charge in [0, 0.05) is 12.0 Å². The van der Waals surface area contributed by atoms with Crippen molar-refractivity contribution in [2.75, 3.05) is 13.7 Å². The maximum Gasteiger partial charge on any atom is 0.519 e. The summed E-state index contributed by atoms with van der Waals surface area (Å²) >= 11 is 1.42. The molecule has 0 saturated carbocycles. The molecule has 0 bridgehead atoms. The van der Waals surface area contributed by atoms with E-state index >= 15 is 0 Å². The van der Waals surface area contributed by atoms with E-state index in [1.54, 1.807) is 0 Å². The largest absolute Gasteiger partial charge is 0.519 e. The quantitative estimate of drug-likeness (QED) is 0.339. The Bertz CT molecular complexity index is 898. The molecule has 160 valence electrons. The molecule has 0 radical (unpaired) electrons. The van der Waals surface area contributed by atoms with Crippen LogP contribution in [0, 0.1) is 12.8 Å². The highest BCUT2D eigenvalue weighted by atomic mass is 32.2. The summed E-state index contributed by atoms with van der Waals surface area (Å²) in [5.41, 5.74) is 0.173. The van der Waals surface area contributed by atoms with Crippen LogP contribution < -0.4 is 5.82 Å². The Hall–Kier alpha value is -1.82. The van der Waals surface area contributed by atoms with Crippen molar-refractivity contribution in [3.63, 3.8) is 0 Å². The molecule has 1 saturated heterocycles. The van der Waals surface area contributed by atoms with E-state index in [0.717, 1.165) is 0 Å². The van der Waals surface area contributed by atoms with Crippen LogP contribution in [0.25, 0.3) is 0 Å². The number of β-lactam (4-membered cyclic amide) rings is 1. The molecule has 0 N–H and O–H groups in total. The summed E-state index contributed by atoms with van der Waals surface area (Å²) in [7, 11) is -0.299. The second kappa shape index (κ2) is 8.13. The number of hydrogen-bond acceptors (Lipinski definition) is 9. The molecular formula is C18H25NO8SSi. The van der Waals surface area contributed by atoms with Crippen LogP contribution in [0.2, 0.25) is 19.6 Å². The fourth-order valence-electron chi connectivity index (χ4n) is 3.40. The zero-order valence-electron chi connectivity index (χ0n) is 17.3. The van der Waals surface area contributed by atoms with E-state index in [4.69, 9.17) is 22.7 Å². The van der Waals surface area contributed by atoms with Crippen molar-refractivity contribution >= 4 is 32.0 Å². The van der Waals surface area contributed by atoms with Gasteiger partial charge in [-0.05, 0) is 33.5 Å². The first-order valence-corrected chi connectivity index (χ1v) is 13.5. The van der Waals surface area contributed by atoms with Crippen molar-refractivity contribution in [3.05, 3.63) is 32.7 Å². The second-order valence-corrected chi connectivity index (χ2v) is 13.6. The normalized spacial score (nSPS) is 22.6. The molecule has 3 atom stereocenters. The lowest BCUT2D eigenvalue weighted by Gasteiger charge is -2.46. The van der Waals surface area contributed by atoms with E-state index in [1.807, 2.05) is 6.92 Å². The molecule has 1 amide bonds. The van der Waals surface area contributed by atoms with Crippen LogP contribution in [-0.4, -0.2) is 50.3 Å². The Morgan fingerprint density at radius 3 is 2.48 bits per heavy atom. The Morgan fingerprint density at radius 1 is 1.24 bits per heavy atom. The molecule has 3 heterocycles. The Labute approximate surface area is 173 Å². The van der Waals surface area contributed by atoms with Crippen LogP contribution in [0.15, 0.2) is 24.2 Å². The smallest absolute Gasteiger partial charge is 0.453 e. The second-order valence-electron chi connectivity index (χ2n) is 7.89. The van der Waals surface area contributed by atoms with Gasteiger partial charge in [-0.3, -0.25) is 9.69 Å². The lowest BCUT2D eigenvalue weighted by atomic mass is 9.92. The lowest BCUT2D eigenvalue weighted by Crippen LogP contribution is -2.62. The molecule has 9 nitrogen and oxygen atoms in total. The van der Waals surface area contributed by atoms with Gasteiger partial charge in [0.15, 0.2) is 26.4 Å². The van der Waals surface area contributed by atoms with Crippen LogP contribution in [0.3, 0.4) is 0 Å². The third kappa shape index (κ3) is 4.37. The van der Waals surface area contributed by atoms with Gasteiger partial charge in [-0.25, -0.2) is 9.59 Å². The van der Waals surface area contributed by atoms with Crippen LogP contribution >= 0.6 is 11.8 Å². The zero-order chi connectivity index (χ0) is 21.5. The number of ether oxygens (including phenoxy) is 2. The standard InChI is InChI=1S/C18H25NO8SSi/c1-9-11(26-18(22)25-9)7-24-17(21)14-12(8-23-3)28-16-13(15(20)19(14)16)10(2)27-29(4,5)6/h10,13,16H,7-8H2,1-6H3/t10-,13+,16-/m1/s1.